The maximum Gasteiger partial charge on any atom is 0.282 e. The molecule has 35 heavy (non-hydrogen) atoms. The third-order valence-electron chi connectivity index (χ3n) is 5.04. The maximum atomic E-state index is 13.1. The number of nitrogens with zero attached hydrogens (tertiary/aromatic N) is 4. The van der Waals surface area contributed by atoms with Crippen molar-refractivity contribution in [3.05, 3.63) is 105 Å². The molecule has 4 aromatic rings. The second kappa shape index (κ2) is 10.8. The minimum Gasteiger partial charge on any atom is -0.487 e. The molecule has 0 unspecified atom stereocenters. The van der Waals surface area contributed by atoms with E-state index in [1.165, 1.54) is 16.8 Å². The fraction of sp³-hybridized carbons (Fsp3) is 0.125. The second-order valence-corrected chi connectivity index (χ2v) is 10.1. The number of nitro groups is 1. The molecule has 8 nitrogen and oxygen atoms in total. The van der Waals surface area contributed by atoms with Crippen molar-refractivity contribution >= 4 is 70.6 Å². The fourth-order valence-corrected chi connectivity index (χ4v) is 5.19. The Balaban J connectivity index is 1.61. The van der Waals surface area contributed by atoms with E-state index < -0.39 is 4.92 Å². The van der Waals surface area contributed by atoms with Crippen molar-refractivity contribution in [2.75, 3.05) is 0 Å². The highest BCUT2D eigenvalue weighted by Crippen LogP contribution is 2.35. The first-order valence-electron chi connectivity index (χ1n) is 10.4. The van der Waals surface area contributed by atoms with Gasteiger partial charge < -0.3 is 4.74 Å². The van der Waals surface area contributed by atoms with Gasteiger partial charge in [-0.15, -0.1) is 0 Å². The number of rotatable bonds is 7. The molecule has 1 aromatic heterocycles. The summed E-state index contributed by atoms with van der Waals surface area (Å²) in [4.78, 5) is 28.2. The molecule has 0 fully saturated rings. The summed E-state index contributed by atoms with van der Waals surface area (Å²) in [5.41, 5.74) is 1.77. The molecule has 4 rings (SSSR count). The van der Waals surface area contributed by atoms with Crippen molar-refractivity contribution in [3.63, 3.8) is 0 Å². The maximum absolute atomic E-state index is 13.1. The van der Waals surface area contributed by atoms with Gasteiger partial charge in [0, 0.05) is 23.0 Å². The van der Waals surface area contributed by atoms with Crippen LogP contribution in [0.25, 0.3) is 10.9 Å². The topological polar surface area (TPSA) is 99.6 Å². The average molecular weight is 665 g/mol. The molecule has 0 saturated carbocycles. The molecule has 0 spiro atoms. The Morgan fingerprint density at radius 2 is 1.86 bits per heavy atom. The van der Waals surface area contributed by atoms with E-state index in [0.717, 1.165) is 10.0 Å². The molecular formula is C24H17Br3N4O4. The van der Waals surface area contributed by atoms with Crippen molar-refractivity contribution in [1.82, 2.24) is 9.66 Å². The minimum absolute atomic E-state index is 0.00743. The third kappa shape index (κ3) is 5.68. The number of nitro benzene ring substituents is 1. The van der Waals surface area contributed by atoms with Gasteiger partial charge in [-0.05, 0) is 73.3 Å². The molecule has 178 valence electrons. The molecule has 0 aliphatic heterocycles. The van der Waals surface area contributed by atoms with E-state index in [4.69, 9.17) is 4.74 Å². The van der Waals surface area contributed by atoms with E-state index in [1.54, 1.807) is 42.6 Å². The highest BCUT2D eigenvalue weighted by molar-refractivity contribution is 9.11. The summed E-state index contributed by atoms with van der Waals surface area (Å²) in [6.07, 6.45) is 2.11. The van der Waals surface area contributed by atoms with E-state index >= 15 is 0 Å². The lowest BCUT2D eigenvalue weighted by Crippen LogP contribution is -2.22. The van der Waals surface area contributed by atoms with Crippen LogP contribution in [0.3, 0.4) is 0 Å². The Bertz CT molecular complexity index is 1510. The van der Waals surface area contributed by atoms with Crippen LogP contribution in [-0.4, -0.2) is 20.8 Å². The van der Waals surface area contributed by atoms with E-state index in [-0.39, 0.29) is 17.9 Å². The Hall–Kier alpha value is -2.89. The molecule has 0 N–H and O–H groups in total. The van der Waals surface area contributed by atoms with Crippen LogP contribution < -0.4 is 10.3 Å². The lowest BCUT2D eigenvalue weighted by Gasteiger charge is -2.12. The van der Waals surface area contributed by atoms with Gasteiger partial charge in [-0.25, -0.2) is 4.98 Å². The van der Waals surface area contributed by atoms with Crippen molar-refractivity contribution in [3.8, 4) is 5.75 Å². The largest absolute Gasteiger partial charge is 0.487 e. The van der Waals surface area contributed by atoms with Crippen LogP contribution in [0.4, 0.5) is 5.69 Å². The van der Waals surface area contributed by atoms with E-state index in [0.29, 0.717) is 43.4 Å². The lowest BCUT2D eigenvalue weighted by atomic mass is 10.2. The summed E-state index contributed by atoms with van der Waals surface area (Å²) in [7, 11) is 0. The number of benzene rings is 3. The summed E-state index contributed by atoms with van der Waals surface area (Å²) >= 11 is 10.4. The number of hydrogen-bond acceptors (Lipinski definition) is 6. The van der Waals surface area contributed by atoms with Gasteiger partial charge in [0.1, 0.15) is 18.2 Å². The zero-order chi connectivity index (χ0) is 25.1. The summed E-state index contributed by atoms with van der Waals surface area (Å²) in [6, 6.07) is 15.3. The molecule has 0 radical (unpaired) electrons. The molecule has 1 heterocycles. The van der Waals surface area contributed by atoms with Gasteiger partial charge in [0.15, 0.2) is 0 Å². The van der Waals surface area contributed by atoms with Gasteiger partial charge in [-0.2, -0.15) is 9.78 Å². The quantitative estimate of drug-likeness (QED) is 0.126. The predicted molar refractivity (Wildman–Crippen MR) is 145 cm³/mol. The van der Waals surface area contributed by atoms with Crippen LogP contribution in [0.5, 0.6) is 5.75 Å². The molecule has 0 atom stereocenters. The fourth-order valence-electron chi connectivity index (χ4n) is 3.37. The number of non-ortho nitro benzene ring substituents is 1. The summed E-state index contributed by atoms with van der Waals surface area (Å²) in [5, 5.41) is 15.9. The number of fused-ring (bicyclic) bond motifs is 1. The van der Waals surface area contributed by atoms with Crippen LogP contribution in [0.2, 0.25) is 0 Å². The second-order valence-electron chi connectivity index (χ2n) is 7.43. The summed E-state index contributed by atoms with van der Waals surface area (Å²) in [5.74, 6) is 1.09. The predicted octanol–water partition coefficient (Wildman–Crippen LogP) is 6.62. The molecule has 11 heteroatoms. The zero-order valence-electron chi connectivity index (χ0n) is 18.2. The van der Waals surface area contributed by atoms with Crippen molar-refractivity contribution < 1.29 is 9.66 Å². The third-order valence-corrected chi connectivity index (χ3v) is 6.71. The molecule has 0 aliphatic rings. The van der Waals surface area contributed by atoms with Gasteiger partial charge in [0.25, 0.3) is 11.2 Å². The minimum atomic E-state index is -0.442. The standard InChI is InChI=1S/C24H17Br3N4O4/c1-2-22-29-21-7-6-16(25)11-18(21)24(32)30(22)28-12-15-9-19(26)23(20(27)10-15)35-13-14-4-3-5-17(8-14)31(33)34/h3-12H,2,13H2,1H3. The number of hydrogen-bond donors (Lipinski definition) is 0. The lowest BCUT2D eigenvalue weighted by molar-refractivity contribution is -0.384. The van der Waals surface area contributed by atoms with Crippen molar-refractivity contribution in [2.24, 2.45) is 5.10 Å². The van der Waals surface area contributed by atoms with E-state index in [2.05, 4.69) is 57.9 Å². The molecule has 3 aromatic carbocycles. The smallest absolute Gasteiger partial charge is 0.282 e. The van der Waals surface area contributed by atoms with Gasteiger partial charge >= 0.3 is 0 Å². The first kappa shape index (κ1) is 25.2. The SMILES string of the molecule is CCc1nc2ccc(Br)cc2c(=O)n1N=Cc1cc(Br)c(OCc2cccc([N+](=O)[O-])c2)c(Br)c1. The average Bonchev–Trinajstić information content (AvgIpc) is 2.83. The number of halogens is 3. The Labute approximate surface area is 225 Å². The van der Waals surface area contributed by atoms with Crippen molar-refractivity contribution in [1.29, 1.82) is 0 Å². The Kier molecular flexibility index (Phi) is 7.78. The van der Waals surface area contributed by atoms with E-state index in [9.17, 15) is 14.9 Å². The Morgan fingerprint density at radius 1 is 1.11 bits per heavy atom. The first-order valence-corrected chi connectivity index (χ1v) is 12.8. The molecule has 0 amide bonds. The number of aromatic nitrogens is 2. The van der Waals surface area contributed by atoms with Gasteiger partial charge in [0.2, 0.25) is 0 Å². The van der Waals surface area contributed by atoms with Crippen LogP contribution in [0.1, 0.15) is 23.9 Å². The first-order chi connectivity index (χ1) is 16.8. The van der Waals surface area contributed by atoms with Crippen LogP contribution in [0.15, 0.2) is 77.9 Å². The summed E-state index contributed by atoms with van der Waals surface area (Å²) in [6.45, 7) is 2.07. The molecular weight excluding hydrogens is 648 g/mol. The van der Waals surface area contributed by atoms with Gasteiger partial charge in [0.05, 0.1) is 31.0 Å². The highest BCUT2D eigenvalue weighted by Gasteiger charge is 2.12. The number of ether oxygens (including phenoxy) is 1. The Morgan fingerprint density at radius 3 is 2.54 bits per heavy atom. The van der Waals surface area contributed by atoms with Crippen LogP contribution in [0, 0.1) is 10.1 Å². The van der Waals surface area contributed by atoms with Crippen LogP contribution in [-0.2, 0) is 13.0 Å². The molecule has 0 bridgehead atoms. The highest BCUT2D eigenvalue weighted by atomic mass is 79.9. The van der Waals surface area contributed by atoms with Gasteiger partial charge in [-0.3, -0.25) is 14.9 Å². The van der Waals surface area contributed by atoms with Crippen molar-refractivity contribution in [2.45, 2.75) is 20.0 Å². The summed E-state index contributed by atoms with van der Waals surface area (Å²) < 4.78 is 9.30. The normalized spacial score (nSPS) is 11.3. The van der Waals surface area contributed by atoms with Gasteiger partial charge in [-0.1, -0.05) is 35.0 Å². The van der Waals surface area contributed by atoms with E-state index in [1.807, 2.05) is 13.0 Å². The van der Waals surface area contributed by atoms with Crippen LogP contribution >= 0.6 is 47.8 Å². The molecule has 0 aliphatic carbocycles. The zero-order valence-corrected chi connectivity index (χ0v) is 23.0. The monoisotopic (exact) mass is 662 g/mol. The number of aryl methyl sites for hydroxylation is 1. The molecule has 0 saturated heterocycles.